The molecule has 0 fully saturated rings. The van der Waals surface area contributed by atoms with E-state index in [0.717, 1.165) is 12.8 Å². The Labute approximate surface area is 109 Å². The van der Waals surface area contributed by atoms with E-state index in [-0.39, 0.29) is 11.5 Å². The molecule has 0 unspecified atom stereocenters. The van der Waals surface area contributed by atoms with Gasteiger partial charge in [-0.2, -0.15) is 4.31 Å². The molecule has 0 saturated heterocycles. The van der Waals surface area contributed by atoms with Gasteiger partial charge >= 0.3 is 0 Å². The SMILES string of the molecule is CCCCN(CC)S(=O)(=O)c1ccccc1CO. The second-order valence-corrected chi connectivity index (χ2v) is 6.02. The molecule has 0 amide bonds. The first-order chi connectivity index (χ1) is 8.57. The molecular weight excluding hydrogens is 250 g/mol. The number of aliphatic hydroxyl groups excluding tert-OH is 1. The molecule has 1 aromatic carbocycles. The molecule has 0 aliphatic rings. The van der Waals surface area contributed by atoms with Crippen LogP contribution in [0.2, 0.25) is 0 Å². The third-order valence-corrected chi connectivity index (χ3v) is 4.95. The van der Waals surface area contributed by atoms with Crippen LogP contribution < -0.4 is 0 Å². The van der Waals surface area contributed by atoms with Crippen LogP contribution in [0.4, 0.5) is 0 Å². The average molecular weight is 271 g/mol. The van der Waals surface area contributed by atoms with Crippen molar-refractivity contribution < 1.29 is 13.5 Å². The van der Waals surface area contributed by atoms with E-state index in [1.165, 1.54) is 4.31 Å². The van der Waals surface area contributed by atoms with Crippen molar-refractivity contribution in [3.8, 4) is 0 Å². The molecule has 1 N–H and O–H groups in total. The maximum atomic E-state index is 12.5. The zero-order valence-corrected chi connectivity index (χ0v) is 11.8. The summed E-state index contributed by atoms with van der Waals surface area (Å²) in [6.07, 6.45) is 1.79. The first kappa shape index (κ1) is 15.1. The molecule has 1 aromatic rings. The normalized spacial score (nSPS) is 12.0. The van der Waals surface area contributed by atoms with Gasteiger partial charge in [-0.05, 0) is 18.1 Å². The number of aliphatic hydroxyl groups is 1. The largest absolute Gasteiger partial charge is 0.392 e. The Morgan fingerprint density at radius 1 is 1.22 bits per heavy atom. The molecule has 0 radical (unpaired) electrons. The van der Waals surface area contributed by atoms with Gasteiger partial charge in [-0.25, -0.2) is 8.42 Å². The third kappa shape index (κ3) is 3.31. The Morgan fingerprint density at radius 3 is 2.44 bits per heavy atom. The predicted octanol–water partition coefficient (Wildman–Crippen LogP) is 1.99. The number of rotatable bonds is 7. The van der Waals surface area contributed by atoms with E-state index >= 15 is 0 Å². The van der Waals surface area contributed by atoms with E-state index < -0.39 is 10.0 Å². The Morgan fingerprint density at radius 2 is 1.89 bits per heavy atom. The molecule has 0 aliphatic carbocycles. The number of unbranched alkanes of at least 4 members (excludes halogenated alkanes) is 1. The lowest BCUT2D eigenvalue weighted by molar-refractivity contribution is 0.278. The molecule has 4 nitrogen and oxygen atoms in total. The summed E-state index contributed by atoms with van der Waals surface area (Å²) in [6, 6.07) is 6.60. The van der Waals surface area contributed by atoms with Gasteiger partial charge in [-0.3, -0.25) is 0 Å². The molecule has 18 heavy (non-hydrogen) atoms. The van der Waals surface area contributed by atoms with Gasteiger partial charge in [0.15, 0.2) is 0 Å². The number of hydrogen-bond acceptors (Lipinski definition) is 3. The highest BCUT2D eigenvalue weighted by molar-refractivity contribution is 7.89. The van der Waals surface area contributed by atoms with Crippen LogP contribution in [0, 0.1) is 0 Å². The van der Waals surface area contributed by atoms with Gasteiger partial charge in [0.2, 0.25) is 10.0 Å². The third-order valence-electron chi connectivity index (χ3n) is 2.87. The van der Waals surface area contributed by atoms with E-state index in [0.29, 0.717) is 18.7 Å². The second kappa shape index (κ2) is 6.87. The predicted molar refractivity (Wildman–Crippen MR) is 71.7 cm³/mol. The number of benzene rings is 1. The van der Waals surface area contributed by atoms with Gasteiger partial charge < -0.3 is 5.11 Å². The molecule has 0 aliphatic heterocycles. The molecule has 0 aromatic heterocycles. The van der Waals surface area contributed by atoms with Crippen molar-refractivity contribution in [1.82, 2.24) is 4.31 Å². The standard InChI is InChI=1S/C13H21NO3S/c1-3-5-10-14(4-2)18(16,17)13-9-7-6-8-12(13)11-15/h6-9,15H,3-5,10-11H2,1-2H3. The van der Waals surface area contributed by atoms with Crippen LogP contribution in [0.5, 0.6) is 0 Å². The van der Waals surface area contributed by atoms with Crippen molar-refractivity contribution in [1.29, 1.82) is 0 Å². The fraction of sp³-hybridized carbons (Fsp3) is 0.538. The minimum absolute atomic E-state index is 0.213. The van der Waals surface area contributed by atoms with Gasteiger partial charge in [-0.15, -0.1) is 0 Å². The van der Waals surface area contributed by atoms with Gasteiger partial charge in [-0.1, -0.05) is 38.5 Å². The minimum Gasteiger partial charge on any atom is -0.392 e. The van der Waals surface area contributed by atoms with Crippen molar-refractivity contribution in [2.75, 3.05) is 13.1 Å². The van der Waals surface area contributed by atoms with Crippen molar-refractivity contribution >= 4 is 10.0 Å². The van der Waals surface area contributed by atoms with Gasteiger partial charge in [0, 0.05) is 13.1 Å². The summed E-state index contributed by atoms with van der Waals surface area (Å²) in [4.78, 5) is 0.213. The number of nitrogens with zero attached hydrogens (tertiary/aromatic N) is 1. The van der Waals surface area contributed by atoms with Crippen LogP contribution in [-0.2, 0) is 16.6 Å². The highest BCUT2D eigenvalue weighted by Crippen LogP contribution is 2.20. The number of hydrogen-bond donors (Lipinski definition) is 1. The minimum atomic E-state index is -3.49. The zero-order valence-electron chi connectivity index (χ0n) is 11.0. The van der Waals surface area contributed by atoms with E-state index in [4.69, 9.17) is 0 Å². The molecular formula is C13H21NO3S. The molecule has 0 bridgehead atoms. The Kier molecular flexibility index (Phi) is 5.78. The summed E-state index contributed by atoms with van der Waals surface area (Å²) >= 11 is 0. The van der Waals surface area contributed by atoms with Gasteiger partial charge in [0.25, 0.3) is 0 Å². The van der Waals surface area contributed by atoms with Crippen LogP contribution in [0.3, 0.4) is 0 Å². The zero-order chi connectivity index (χ0) is 13.6. The maximum Gasteiger partial charge on any atom is 0.243 e. The highest BCUT2D eigenvalue weighted by atomic mass is 32.2. The summed E-state index contributed by atoms with van der Waals surface area (Å²) in [5, 5.41) is 9.23. The van der Waals surface area contributed by atoms with E-state index in [9.17, 15) is 13.5 Å². The molecule has 0 saturated carbocycles. The summed E-state index contributed by atoms with van der Waals surface area (Å²) in [5.74, 6) is 0. The van der Waals surface area contributed by atoms with Crippen LogP contribution >= 0.6 is 0 Å². The van der Waals surface area contributed by atoms with E-state index in [2.05, 4.69) is 0 Å². The summed E-state index contributed by atoms with van der Waals surface area (Å²) in [6.45, 7) is 4.56. The first-order valence-corrected chi connectivity index (χ1v) is 7.70. The molecule has 0 spiro atoms. The second-order valence-electron chi connectivity index (χ2n) is 4.12. The summed E-state index contributed by atoms with van der Waals surface area (Å²) in [5.41, 5.74) is 0.451. The van der Waals surface area contributed by atoms with Crippen LogP contribution in [0.25, 0.3) is 0 Å². The van der Waals surface area contributed by atoms with Crippen molar-refractivity contribution in [2.45, 2.75) is 38.2 Å². The van der Waals surface area contributed by atoms with Crippen LogP contribution in [-0.4, -0.2) is 30.9 Å². The van der Waals surface area contributed by atoms with E-state index in [1.807, 2.05) is 13.8 Å². The van der Waals surface area contributed by atoms with Gasteiger partial charge in [0.05, 0.1) is 11.5 Å². The smallest absolute Gasteiger partial charge is 0.243 e. The average Bonchev–Trinajstić information content (AvgIpc) is 2.39. The lowest BCUT2D eigenvalue weighted by atomic mass is 10.2. The first-order valence-electron chi connectivity index (χ1n) is 6.26. The monoisotopic (exact) mass is 271 g/mol. The highest BCUT2D eigenvalue weighted by Gasteiger charge is 2.24. The number of sulfonamides is 1. The Balaban J connectivity index is 3.10. The van der Waals surface area contributed by atoms with Crippen molar-refractivity contribution in [3.63, 3.8) is 0 Å². The van der Waals surface area contributed by atoms with Gasteiger partial charge in [0.1, 0.15) is 0 Å². The Bertz CT molecular complexity index is 471. The molecule has 102 valence electrons. The fourth-order valence-corrected chi connectivity index (χ4v) is 3.51. The molecule has 1 rings (SSSR count). The maximum absolute atomic E-state index is 12.5. The quantitative estimate of drug-likeness (QED) is 0.825. The van der Waals surface area contributed by atoms with Crippen LogP contribution in [0.1, 0.15) is 32.3 Å². The molecule has 0 heterocycles. The van der Waals surface area contributed by atoms with Crippen molar-refractivity contribution in [3.05, 3.63) is 29.8 Å². The fourth-order valence-electron chi connectivity index (χ4n) is 1.81. The van der Waals surface area contributed by atoms with E-state index in [1.54, 1.807) is 24.3 Å². The molecule has 0 atom stereocenters. The summed E-state index contributed by atoms with van der Waals surface area (Å²) < 4.78 is 26.4. The van der Waals surface area contributed by atoms with Crippen LogP contribution in [0.15, 0.2) is 29.2 Å². The lowest BCUT2D eigenvalue weighted by Gasteiger charge is -2.21. The lowest BCUT2D eigenvalue weighted by Crippen LogP contribution is -2.32. The topological polar surface area (TPSA) is 57.6 Å². The van der Waals surface area contributed by atoms with Crippen molar-refractivity contribution in [2.24, 2.45) is 0 Å². The summed E-state index contributed by atoms with van der Waals surface area (Å²) in [7, 11) is -3.49. The molecule has 5 heteroatoms. The Hall–Kier alpha value is -0.910.